The zero-order valence-corrected chi connectivity index (χ0v) is 7.99. The fraction of sp³-hybridized carbons (Fsp3) is 0.273. The first-order chi connectivity index (χ1) is 6.63. The van der Waals surface area contributed by atoms with Crippen molar-refractivity contribution >= 4 is 11.8 Å². The van der Waals surface area contributed by atoms with Crippen LogP contribution in [-0.4, -0.2) is 23.8 Å². The molecular weight excluding hydrogens is 178 g/mol. The molecule has 2 aliphatic rings. The topological polar surface area (TPSA) is 37.4 Å². The van der Waals surface area contributed by atoms with Crippen molar-refractivity contribution in [3.05, 3.63) is 36.0 Å². The lowest BCUT2D eigenvalue weighted by atomic mass is 9.93. The molecule has 1 atom stereocenters. The number of hydrogen-bond acceptors (Lipinski definition) is 2. The Morgan fingerprint density at radius 1 is 1.50 bits per heavy atom. The number of amides is 2. The fourth-order valence-electron chi connectivity index (χ4n) is 1.84. The van der Waals surface area contributed by atoms with Gasteiger partial charge in [-0.15, -0.1) is 0 Å². The third kappa shape index (κ3) is 1.05. The van der Waals surface area contributed by atoms with Gasteiger partial charge in [0, 0.05) is 12.6 Å². The normalized spacial score (nSPS) is 26.4. The van der Waals surface area contributed by atoms with Crippen LogP contribution in [0.3, 0.4) is 0 Å². The van der Waals surface area contributed by atoms with Gasteiger partial charge in [-0.1, -0.05) is 24.8 Å². The standard InChI is InChI=1S/C11H11NO2/c1-7-9(8-5-3-4-6-8)11(14)12(2)10(7)13/h3-5,9H,1,6H2,2H3. The molecule has 2 rings (SSSR count). The Hall–Kier alpha value is -1.64. The molecule has 3 nitrogen and oxygen atoms in total. The molecule has 0 aromatic carbocycles. The van der Waals surface area contributed by atoms with Crippen molar-refractivity contribution in [3.8, 4) is 0 Å². The van der Waals surface area contributed by atoms with Crippen LogP contribution >= 0.6 is 0 Å². The number of hydrogen-bond donors (Lipinski definition) is 0. The zero-order chi connectivity index (χ0) is 10.3. The maximum absolute atomic E-state index is 11.7. The minimum Gasteiger partial charge on any atom is -0.281 e. The maximum Gasteiger partial charge on any atom is 0.256 e. The number of likely N-dealkylation sites (tertiary alicyclic amines) is 1. The van der Waals surface area contributed by atoms with E-state index < -0.39 is 5.92 Å². The number of rotatable bonds is 1. The smallest absolute Gasteiger partial charge is 0.256 e. The first-order valence-electron chi connectivity index (χ1n) is 4.49. The summed E-state index contributed by atoms with van der Waals surface area (Å²) in [7, 11) is 1.50. The molecule has 2 amide bonds. The van der Waals surface area contributed by atoms with Crippen molar-refractivity contribution in [2.75, 3.05) is 7.05 Å². The van der Waals surface area contributed by atoms with Gasteiger partial charge in [-0.05, 0) is 12.0 Å². The van der Waals surface area contributed by atoms with Crippen molar-refractivity contribution in [1.82, 2.24) is 4.90 Å². The lowest BCUT2D eigenvalue weighted by molar-refractivity contribution is -0.136. The Morgan fingerprint density at radius 2 is 2.21 bits per heavy atom. The van der Waals surface area contributed by atoms with Crippen LogP contribution in [0, 0.1) is 5.92 Å². The van der Waals surface area contributed by atoms with Crippen LogP contribution < -0.4 is 0 Å². The van der Waals surface area contributed by atoms with Gasteiger partial charge in [-0.2, -0.15) is 0 Å². The van der Waals surface area contributed by atoms with Crippen molar-refractivity contribution in [1.29, 1.82) is 0 Å². The second kappa shape index (κ2) is 2.94. The number of likely N-dealkylation sites (N-methyl/N-ethyl adjacent to an activating group) is 1. The van der Waals surface area contributed by atoms with E-state index in [0.717, 1.165) is 16.9 Å². The zero-order valence-electron chi connectivity index (χ0n) is 7.99. The lowest BCUT2D eigenvalue weighted by Gasteiger charge is -2.09. The van der Waals surface area contributed by atoms with E-state index in [1.54, 1.807) is 0 Å². The van der Waals surface area contributed by atoms with Gasteiger partial charge in [0.1, 0.15) is 0 Å². The van der Waals surface area contributed by atoms with Gasteiger partial charge in [0.05, 0.1) is 5.92 Å². The summed E-state index contributed by atoms with van der Waals surface area (Å²) >= 11 is 0. The molecule has 0 bridgehead atoms. The van der Waals surface area contributed by atoms with E-state index in [0.29, 0.717) is 5.57 Å². The van der Waals surface area contributed by atoms with Crippen molar-refractivity contribution in [2.24, 2.45) is 5.92 Å². The highest BCUT2D eigenvalue weighted by Gasteiger charge is 2.41. The molecule has 1 heterocycles. The maximum atomic E-state index is 11.7. The van der Waals surface area contributed by atoms with Crippen LogP contribution in [0.1, 0.15) is 6.42 Å². The van der Waals surface area contributed by atoms with Gasteiger partial charge in [0.25, 0.3) is 5.91 Å². The van der Waals surface area contributed by atoms with E-state index in [4.69, 9.17) is 0 Å². The molecule has 1 unspecified atom stereocenters. The first-order valence-corrected chi connectivity index (χ1v) is 4.49. The SMILES string of the molecule is C=C1C(=O)N(C)C(=O)C1C1=CC=CC1. The molecule has 3 heteroatoms. The highest BCUT2D eigenvalue weighted by Crippen LogP contribution is 2.33. The molecular formula is C11H11NO2. The molecule has 1 aliphatic heterocycles. The minimum absolute atomic E-state index is 0.157. The summed E-state index contributed by atoms with van der Waals surface area (Å²) < 4.78 is 0. The fourth-order valence-corrected chi connectivity index (χ4v) is 1.84. The summed E-state index contributed by atoms with van der Waals surface area (Å²) in [6.45, 7) is 3.68. The molecule has 14 heavy (non-hydrogen) atoms. The second-order valence-corrected chi connectivity index (χ2v) is 3.53. The van der Waals surface area contributed by atoms with Crippen LogP contribution in [0.25, 0.3) is 0 Å². The third-order valence-corrected chi connectivity index (χ3v) is 2.68. The first kappa shape index (κ1) is 8.94. The van der Waals surface area contributed by atoms with E-state index in [1.165, 1.54) is 7.05 Å². The van der Waals surface area contributed by atoms with Gasteiger partial charge >= 0.3 is 0 Å². The number of carbonyl (C=O) groups excluding carboxylic acids is 2. The average molecular weight is 189 g/mol. The van der Waals surface area contributed by atoms with E-state index in [-0.39, 0.29) is 11.8 Å². The number of imide groups is 1. The molecule has 0 aromatic heterocycles. The Bertz CT molecular complexity index is 388. The molecule has 0 aromatic rings. The summed E-state index contributed by atoms with van der Waals surface area (Å²) in [6, 6.07) is 0. The number of nitrogens with zero attached hydrogens (tertiary/aromatic N) is 1. The molecule has 0 spiro atoms. The third-order valence-electron chi connectivity index (χ3n) is 2.68. The van der Waals surface area contributed by atoms with Gasteiger partial charge in [0.2, 0.25) is 5.91 Å². The Kier molecular flexibility index (Phi) is 1.88. The summed E-state index contributed by atoms with van der Waals surface area (Å²) in [5.74, 6) is -0.828. The Labute approximate surface area is 82.4 Å². The van der Waals surface area contributed by atoms with E-state index in [2.05, 4.69) is 6.58 Å². The predicted octanol–water partition coefficient (Wildman–Crippen LogP) is 1.04. The molecule has 0 saturated carbocycles. The highest BCUT2D eigenvalue weighted by atomic mass is 16.2. The van der Waals surface area contributed by atoms with Crippen LogP contribution in [0.15, 0.2) is 36.0 Å². The summed E-state index contributed by atoms with van der Waals surface area (Å²) in [4.78, 5) is 24.3. The molecule has 1 aliphatic carbocycles. The molecule has 0 radical (unpaired) electrons. The van der Waals surface area contributed by atoms with Crippen LogP contribution in [0.5, 0.6) is 0 Å². The van der Waals surface area contributed by atoms with Gasteiger partial charge in [-0.3, -0.25) is 14.5 Å². The molecule has 1 saturated heterocycles. The Morgan fingerprint density at radius 3 is 2.64 bits per heavy atom. The van der Waals surface area contributed by atoms with Crippen LogP contribution in [0.4, 0.5) is 0 Å². The van der Waals surface area contributed by atoms with Crippen LogP contribution in [-0.2, 0) is 9.59 Å². The van der Waals surface area contributed by atoms with E-state index in [1.807, 2.05) is 18.2 Å². The Balaban J connectivity index is 2.33. The highest BCUT2D eigenvalue weighted by molar-refractivity contribution is 6.15. The van der Waals surface area contributed by atoms with Gasteiger partial charge < -0.3 is 0 Å². The summed E-state index contributed by atoms with van der Waals surface area (Å²) in [6.07, 6.45) is 6.51. The van der Waals surface area contributed by atoms with Crippen molar-refractivity contribution in [2.45, 2.75) is 6.42 Å². The lowest BCUT2D eigenvalue weighted by Crippen LogP contribution is -2.26. The number of carbonyl (C=O) groups is 2. The van der Waals surface area contributed by atoms with Crippen molar-refractivity contribution in [3.63, 3.8) is 0 Å². The monoisotopic (exact) mass is 189 g/mol. The largest absolute Gasteiger partial charge is 0.281 e. The number of allylic oxidation sites excluding steroid dienone is 3. The van der Waals surface area contributed by atoms with Gasteiger partial charge in [0.15, 0.2) is 0 Å². The van der Waals surface area contributed by atoms with E-state index >= 15 is 0 Å². The van der Waals surface area contributed by atoms with E-state index in [9.17, 15) is 9.59 Å². The van der Waals surface area contributed by atoms with Crippen LogP contribution in [0.2, 0.25) is 0 Å². The average Bonchev–Trinajstić information content (AvgIpc) is 2.73. The summed E-state index contributed by atoms with van der Waals surface area (Å²) in [5, 5.41) is 0. The minimum atomic E-state index is -0.414. The quantitative estimate of drug-likeness (QED) is 0.456. The molecule has 72 valence electrons. The second-order valence-electron chi connectivity index (χ2n) is 3.53. The van der Waals surface area contributed by atoms with Crippen molar-refractivity contribution < 1.29 is 9.59 Å². The summed E-state index contributed by atoms with van der Waals surface area (Å²) in [5.41, 5.74) is 1.37. The molecule has 1 fully saturated rings. The predicted molar refractivity (Wildman–Crippen MR) is 52.2 cm³/mol. The van der Waals surface area contributed by atoms with Gasteiger partial charge in [-0.25, -0.2) is 0 Å². The molecule has 0 N–H and O–H groups in total.